The molecule has 0 radical (unpaired) electrons. The van der Waals surface area contributed by atoms with E-state index in [1.54, 1.807) is 18.3 Å². The van der Waals surface area contributed by atoms with Crippen LogP contribution in [0.3, 0.4) is 0 Å². The minimum Gasteiger partial charge on any atom is -0.263 e. The van der Waals surface area contributed by atoms with Crippen molar-refractivity contribution < 1.29 is 13.2 Å². The highest BCUT2D eigenvalue weighted by Crippen LogP contribution is 2.28. The molecule has 0 N–H and O–H groups in total. The molecule has 2 aromatic heterocycles. The molecule has 0 spiro atoms. The summed E-state index contributed by atoms with van der Waals surface area (Å²) in [6, 6.07) is 3.29. The van der Waals surface area contributed by atoms with E-state index in [4.69, 9.17) is 11.6 Å². The number of hydrogen-bond donors (Lipinski definition) is 0. The molecule has 0 unspecified atom stereocenters. The van der Waals surface area contributed by atoms with Gasteiger partial charge in [0, 0.05) is 24.5 Å². The Hall–Kier alpha value is -1.56. The fourth-order valence-electron chi connectivity index (χ4n) is 1.78. The van der Waals surface area contributed by atoms with E-state index in [0.29, 0.717) is 10.7 Å². The van der Waals surface area contributed by atoms with Crippen molar-refractivity contribution in [2.45, 2.75) is 25.6 Å². The largest absolute Gasteiger partial charge is 0.408 e. The van der Waals surface area contributed by atoms with Crippen molar-refractivity contribution in [3.05, 3.63) is 47.0 Å². The maximum Gasteiger partial charge on any atom is 0.408 e. The van der Waals surface area contributed by atoms with E-state index in [1.165, 1.54) is 12.4 Å². The zero-order valence-corrected chi connectivity index (χ0v) is 10.8. The molecule has 1 atom stereocenters. The van der Waals surface area contributed by atoms with Crippen LogP contribution in [0.2, 0.25) is 5.02 Å². The van der Waals surface area contributed by atoms with Gasteiger partial charge in [0.2, 0.25) is 0 Å². The molecule has 0 aromatic carbocycles. The van der Waals surface area contributed by atoms with Gasteiger partial charge in [-0.25, -0.2) is 0 Å². The second-order valence-corrected chi connectivity index (χ2v) is 4.58. The normalized spacial score (nSPS) is 13.5. The first kappa shape index (κ1) is 13.9. The summed E-state index contributed by atoms with van der Waals surface area (Å²) in [5.41, 5.74) is 1.33. The van der Waals surface area contributed by atoms with Gasteiger partial charge in [0.25, 0.3) is 0 Å². The summed E-state index contributed by atoms with van der Waals surface area (Å²) < 4.78 is 37.6. The molecule has 0 aliphatic rings. The van der Waals surface area contributed by atoms with E-state index in [9.17, 15) is 13.2 Å². The highest BCUT2D eigenvalue weighted by atomic mass is 35.5. The molecule has 2 aromatic rings. The van der Waals surface area contributed by atoms with Crippen LogP contribution in [-0.4, -0.2) is 20.9 Å². The van der Waals surface area contributed by atoms with Crippen molar-refractivity contribution in [3.63, 3.8) is 0 Å². The molecule has 2 rings (SSSR count). The Bertz CT molecular complexity index is 565. The van der Waals surface area contributed by atoms with E-state index < -0.39 is 12.7 Å². The predicted molar refractivity (Wildman–Crippen MR) is 65.0 cm³/mol. The standard InChI is InChI=1S/C12H11ClF3N3/c1-8(9-2-4-17-6-10(9)13)11-3-5-19(18-11)7-12(14,15)16/h2-6,8H,7H2,1H3/t8-/m1/s1. The van der Waals surface area contributed by atoms with Crippen molar-refractivity contribution in [1.29, 1.82) is 0 Å². The smallest absolute Gasteiger partial charge is 0.263 e. The van der Waals surface area contributed by atoms with Crippen LogP contribution in [0.5, 0.6) is 0 Å². The Morgan fingerprint density at radius 3 is 2.74 bits per heavy atom. The van der Waals surface area contributed by atoms with Crippen molar-refractivity contribution in [2.24, 2.45) is 0 Å². The number of aromatic nitrogens is 3. The number of halogens is 4. The lowest BCUT2D eigenvalue weighted by Gasteiger charge is -2.11. The second-order valence-electron chi connectivity index (χ2n) is 4.17. The third-order valence-electron chi connectivity index (χ3n) is 2.72. The molecular weight excluding hydrogens is 279 g/mol. The molecule has 102 valence electrons. The van der Waals surface area contributed by atoms with Crippen LogP contribution in [0.4, 0.5) is 13.2 Å². The number of pyridine rings is 1. The molecule has 3 nitrogen and oxygen atoms in total. The summed E-state index contributed by atoms with van der Waals surface area (Å²) >= 11 is 6.01. The first-order valence-electron chi connectivity index (χ1n) is 5.56. The number of hydrogen-bond acceptors (Lipinski definition) is 2. The summed E-state index contributed by atoms with van der Waals surface area (Å²) in [6.07, 6.45) is 0.125. The molecule has 0 amide bonds. The molecule has 2 heterocycles. The fourth-order valence-corrected chi connectivity index (χ4v) is 2.06. The molecule has 0 bridgehead atoms. The molecule has 0 saturated heterocycles. The first-order valence-corrected chi connectivity index (χ1v) is 5.94. The molecule has 7 heteroatoms. The zero-order valence-electron chi connectivity index (χ0n) is 10.0. The van der Waals surface area contributed by atoms with Gasteiger partial charge < -0.3 is 0 Å². The lowest BCUT2D eigenvalue weighted by atomic mass is 9.99. The van der Waals surface area contributed by atoms with Crippen LogP contribution in [0, 0.1) is 0 Å². The van der Waals surface area contributed by atoms with E-state index in [1.807, 2.05) is 6.92 Å². The van der Waals surface area contributed by atoms with Gasteiger partial charge in [0.05, 0.1) is 10.7 Å². The topological polar surface area (TPSA) is 30.7 Å². The molecule has 19 heavy (non-hydrogen) atoms. The van der Waals surface area contributed by atoms with Crippen LogP contribution >= 0.6 is 11.6 Å². The zero-order chi connectivity index (χ0) is 14.0. The van der Waals surface area contributed by atoms with Gasteiger partial charge in [-0.1, -0.05) is 18.5 Å². The summed E-state index contributed by atoms with van der Waals surface area (Å²) in [4.78, 5) is 3.87. The number of nitrogens with zero attached hydrogens (tertiary/aromatic N) is 3. The van der Waals surface area contributed by atoms with E-state index in [2.05, 4.69) is 10.1 Å². The molecule has 0 aliphatic heterocycles. The average Bonchev–Trinajstić information content (AvgIpc) is 2.75. The van der Waals surface area contributed by atoms with Crippen molar-refractivity contribution in [2.75, 3.05) is 0 Å². The van der Waals surface area contributed by atoms with Gasteiger partial charge >= 0.3 is 6.18 Å². The van der Waals surface area contributed by atoms with Gasteiger partial charge in [-0.2, -0.15) is 18.3 Å². The van der Waals surface area contributed by atoms with Crippen LogP contribution in [0.25, 0.3) is 0 Å². The molecule has 0 aliphatic carbocycles. The summed E-state index contributed by atoms with van der Waals surface area (Å²) in [5.74, 6) is -0.190. The Morgan fingerprint density at radius 2 is 2.11 bits per heavy atom. The maximum absolute atomic E-state index is 12.2. The molecular formula is C12H11ClF3N3. The van der Waals surface area contributed by atoms with Crippen LogP contribution < -0.4 is 0 Å². The van der Waals surface area contributed by atoms with E-state index in [0.717, 1.165) is 10.2 Å². The second kappa shape index (κ2) is 5.21. The summed E-state index contributed by atoms with van der Waals surface area (Å²) in [5, 5.41) is 4.40. The number of rotatable bonds is 3. The summed E-state index contributed by atoms with van der Waals surface area (Å²) in [6.45, 7) is 0.741. The van der Waals surface area contributed by atoms with Gasteiger partial charge in [0.1, 0.15) is 6.54 Å². The highest BCUT2D eigenvalue weighted by Gasteiger charge is 2.28. The first-order chi connectivity index (χ1) is 8.87. The molecule has 0 fully saturated rings. The highest BCUT2D eigenvalue weighted by molar-refractivity contribution is 6.31. The van der Waals surface area contributed by atoms with Crippen LogP contribution in [0.1, 0.15) is 24.1 Å². The fraction of sp³-hybridized carbons (Fsp3) is 0.333. The Morgan fingerprint density at radius 1 is 1.37 bits per heavy atom. The van der Waals surface area contributed by atoms with Crippen LogP contribution in [-0.2, 0) is 6.54 Å². The summed E-state index contributed by atoms with van der Waals surface area (Å²) in [7, 11) is 0. The van der Waals surface area contributed by atoms with Gasteiger partial charge in [0.15, 0.2) is 0 Å². The SMILES string of the molecule is C[C@@H](c1ccn(CC(F)(F)F)n1)c1ccncc1Cl. The quantitative estimate of drug-likeness (QED) is 0.863. The van der Waals surface area contributed by atoms with E-state index >= 15 is 0 Å². The Labute approximate surface area is 113 Å². The maximum atomic E-state index is 12.2. The van der Waals surface area contributed by atoms with Crippen molar-refractivity contribution >= 4 is 11.6 Å². The monoisotopic (exact) mass is 289 g/mol. The van der Waals surface area contributed by atoms with Crippen molar-refractivity contribution in [1.82, 2.24) is 14.8 Å². The van der Waals surface area contributed by atoms with Gasteiger partial charge in [-0.15, -0.1) is 0 Å². The third-order valence-corrected chi connectivity index (χ3v) is 3.03. The minimum atomic E-state index is -4.28. The lowest BCUT2D eigenvalue weighted by molar-refractivity contribution is -0.142. The predicted octanol–water partition coefficient (Wildman–Crippen LogP) is 3.65. The minimum absolute atomic E-state index is 0.190. The van der Waals surface area contributed by atoms with Crippen LogP contribution in [0.15, 0.2) is 30.7 Å². The van der Waals surface area contributed by atoms with E-state index in [-0.39, 0.29) is 5.92 Å². The van der Waals surface area contributed by atoms with Gasteiger partial charge in [-0.05, 0) is 17.7 Å². The lowest BCUT2D eigenvalue weighted by Crippen LogP contribution is -2.18. The Balaban J connectivity index is 2.21. The average molecular weight is 290 g/mol. The number of alkyl halides is 3. The van der Waals surface area contributed by atoms with Gasteiger partial charge in [-0.3, -0.25) is 9.67 Å². The third kappa shape index (κ3) is 3.47. The molecule has 0 saturated carbocycles. The Kier molecular flexibility index (Phi) is 3.80. The van der Waals surface area contributed by atoms with Crippen molar-refractivity contribution in [3.8, 4) is 0 Å².